The molecule has 6 heteroatoms. The van der Waals surface area contributed by atoms with E-state index in [1.54, 1.807) is 0 Å². The molecule has 0 aliphatic rings. The zero-order chi connectivity index (χ0) is 56.4. The predicted octanol–water partition coefficient (Wildman–Crippen LogP) is 23.9. The molecule has 0 radical (unpaired) electrons. The van der Waals surface area contributed by atoms with Gasteiger partial charge in [-0.1, -0.05) is 346 Å². The summed E-state index contributed by atoms with van der Waals surface area (Å²) >= 11 is 0. The Bertz CT molecular complexity index is 1300. The van der Waals surface area contributed by atoms with Crippen LogP contribution in [-0.4, -0.2) is 37.2 Å². The Morgan fingerprint density at radius 2 is 0.462 bits per heavy atom. The number of allylic oxidation sites excluding steroid dienone is 6. The summed E-state index contributed by atoms with van der Waals surface area (Å²) < 4.78 is 16.9. The van der Waals surface area contributed by atoms with Gasteiger partial charge in [-0.3, -0.25) is 14.4 Å². The molecule has 1 atom stereocenters. The Morgan fingerprint density at radius 1 is 0.256 bits per heavy atom. The van der Waals surface area contributed by atoms with Crippen LogP contribution in [-0.2, 0) is 28.6 Å². The average Bonchev–Trinajstić information content (AvgIpc) is 3.44. The van der Waals surface area contributed by atoms with E-state index in [0.717, 1.165) is 70.6 Å². The first-order valence-corrected chi connectivity index (χ1v) is 35.0. The standard InChI is InChI=1S/C72H134O6/c1-4-7-10-13-16-18-20-22-24-26-28-30-31-32-33-34-35-36-37-38-39-40-41-43-44-46-48-50-52-54-56-59-62-65-71(74)77-68-69(67-76-70(73)64-61-58-15-12-9-6-3)78-72(75)66-63-60-57-55-53-51-49-47-45-42-29-27-25-23-21-19-17-14-11-8-5-2/h20,22,26,28,31-32,69H,4-19,21,23-25,27,29-30,33-68H2,1-3H3/b22-20-,28-26-,32-31-. The molecule has 0 rings (SSSR count). The first-order valence-electron chi connectivity index (χ1n) is 35.0. The van der Waals surface area contributed by atoms with Crippen molar-refractivity contribution in [2.75, 3.05) is 13.2 Å². The summed E-state index contributed by atoms with van der Waals surface area (Å²) in [6, 6.07) is 0. The Balaban J connectivity index is 3.94. The summed E-state index contributed by atoms with van der Waals surface area (Å²) in [5.74, 6) is -0.849. The monoisotopic (exact) mass is 1100 g/mol. The zero-order valence-corrected chi connectivity index (χ0v) is 52.7. The van der Waals surface area contributed by atoms with Crippen LogP contribution in [0.1, 0.15) is 387 Å². The minimum Gasteiger partial charge on any atom is -0.462 e. The average molecular weight is 1100 g/mol. The predicted molar refractivity (Wildman–Crippen MR) is 339 cm³/mol. The topological polar surface area (TPSA) is 78.9 Å². The smallest absolute Gasteiger partial charge is 0.306 e. The van der Waals surface area contributed by atoms with Crippen LogP contribution >= 0.6 is 0 Å². The number of rotatable bonds is 65. The second kappa shape index (κ2) is 67.1. The molecule has 0 bridgehead atoms. The third-order valence-electron chi connectivity index (χ3n) is 15.9. The van der Waals surface area contributed by atoms with Gasteiger partial charge >= 0.3 is 17.9 Å². The van der Waals surface area contributed by atoms with Gasteiger partial charge in [-0.05, 0) is 57.8 Å². The molecule has 0 aliphatic carbocycles. The van der Waals surface area contributed by atoms with Crippen molar-refractivity contribution in [2.24, 2.45) is 0 Å². The fourth-order valence-electron chi connectivity index (χ4n) is 10.6. The fourth-order valence-corrected chi connectivity index (χ4v) is 10.6. The van der Waals surface area contributed by atoms with Crippen molar-refractivity contribution in [3.05, 3.63) is 36.5 Å². The zero-order valence-electron chi connectivity index (χ0n) is 52.7. The van der Waals surface area contributed by atoms with Crippen molar-refractivity contribution < 1.29 is 28.6 Å². The lowest BCUT2D eigenvalue weighted by Crippen LogP contribution is -2.30. The summed E-state index contributed by atoms with van der Waals surface area (Å²) in [6.45, 7) is 6.64. The number of carbonyl (C=O) groups excluding carboxylic acids is 3. The summed E-state index contributed by atoms with van der Waals surface area (Å²) in [5.41, 5.74) is 0. The highest BCUT2D eigenvalue weighted by Crippen LogP contribution is 2.19. The van der Waals surface area contributed by atoms with E-state index in [1.165, 1.54) is 276 Å². The second-order valence-corrected chi connectivity index (χ2v) is 23.8. The first kappa shape index (κ1) is 75.6. The van der Waals surface area contributed by atoms with E-state index < -0.39 is 6.10 Å². The summed E-state index contributed by atoms with van der Waals surface area (Å²) in [6.07, 6.45) is 83.6. The molecule has 6 nitrogen and oxygen atoms in total. The summed E-state index contributed by atoms with van der Waals surface area (Å²) in [5, 5.41) is 0. The maximum Gasteiger partial charge on any atom is 0.306 e. The molecular formula is C72H134O6. The number of hydrogen-bond acceptors (Lipinski definition) is 6. The maximum absolute atomic E-state index is 12.9. The van der Waals surface area contributed by atoms with Gasteiger partial charge in [0.1, 0.15) is 13.2 Å². The van der Waals surface area contributed by atoms with Crippen molar-refractivity contribution >= 4 is 17.9 Å². The lowest BCUT2D eigenvalue weighted by Gasteiger charge is -2.18. The van der Waals surface area contributed by atoms with Gasteiger partial charge in [-0.2, -0.15) is 0 Å². The number of unbranched alkanes of at least 4 members (excludes halogenated alkanes) is 48. The van der Waals surface area contributed by atoms with Gasteiger partial charge in [-0.25, -0.2) is 0 Å². The highest BCUT2D eigenvalue weighted by Gasteiger charge is 2.19. The van der Waals surface area contributed by atoms with Gasteiger partial charge in [0.05, 0.1) is 0 Å². The Kier molecular flexibility index (Phi) is 65.1. The van der Waals surface area contributed by atoms with E-state index in [9.17, 15) is 14.4 Å². The summed E-state index contributed by atoms with van der Waals surface area (Å²) in [4.78, 5) is 38.1. The molecule has 78 heavy (non-hydrogen) atoms. The number of hydrogen-bond donors (Lipinski definition) is 0. The first-order chi connectivity index (χ1) is 38.5. The van der Waals surface area contributed by atoms with E-state index in [4.69, 9.17) is 14.2 Å². The molecule has 1 unspecified atom stereocenters. The molecule has 0 spiro atoms. The molecule has 0 aromatic carbocycles. The quantitative estimate of drug-likeness (QED) is 0.0261. The van der Waals surface area contributed by atoms with Crippen LogP contribution in [0.15, 0.2) is 36.5 Å². The highest BCUT2D eigenvalue weighted by molar-refractivity contribution is 5.71. The third kappa shape index (κ3) is 64.5. The molecule has 0 heterocycles. The Labute approximate surface area is 486 Å². The Morgan fingerprint density at radius 3 is 0.718 bits per heavy atom. The van der Waals surface area contributed by atoms with Crippen LogP contribution in [0.3, 0.4) is 0 Å². The molecule has 0 aliphatic heterocycles. The molecule has 0 aromatic rings. The molecular weight excluding hydrogens is 961 g/mol. The van der Waals surface area contributed by atoms with E-state index in [2.05, 4.69) is 57.2 Å². The van der Waals surface area contributed by atoms with Crippen LogP contribution in [0.2, 0.25) is 0 Å². The fraction of sp³-hybridized carbons (Fsp3) is 0.875. The van der Waals surface area contributed by atoms with Crippen LogP contribution in [0, 0.1) is 0 Å². The Hall–Kier alpha value is -2.37. The SMILES string of the molecule is CCCCCCC/C=C\C/C=C\C/C=C\CCCCCCCCCCCCCCCCCCCCC(=O)OCC(COC(=O)CCCCCCCC)OC(=O)CCCCCCCCCCCCCCCCCCCCCCC. The van der Waals surface area contributed by atoms with Crippen molar-refractivity contribution in [3.63, 3.8) is 0 Å². The number of ether oxygens (including phenoxy) is 3. The van der Waals surface area contributed by atoms with Crippen molar-refractivity contribution in [2.45, 2.75) is 393 Å². The maximum atomic E-state index is 12.9. The lowest BCUT2D eigenvalue weighted by atomic mass is 10.0. The van der Waals surface area contributed by atoms with Crippen LogP contribution in [0.4, 0.5) is 0 Å². The van der Waals surface area contributed by atoms with E-state index >= 15 is 0 Å². The van der Waals surface area contributed by atoms with Crippen molar-refractivity contribution in [3.8, 4) is 0 Å². The van der Waals surface area contributed by atoms with Gasteiger partial charge < -0.3 is 14.2 Å². The van der Waals surface area contributed by atoms with Crippen molar-refractivity contribution in [1.82, 2.24) is 0 Å². The molecule has 0 saturated carbocycles. The van der Waals surface area contributed by atoms with Crippen LogP contribution < -0.4 is 0 Å². The number of carbonyl (C=O) groups is 3. The summed E-state index contributed by atoms with van der Waals surface area (Å²) in [7, 11) is 0. The van der Waals surface area contributed by atoms with Crippen LogP contribution in [0.5, 0.6) is 0 Å². The largest absolute Gasteiger partial charge is 0.462 e. The normalized spacial score (nSPS) is 12.2. The molecule has 0 amide bonds. The number of esters is 3. The van der Waals surface area contributed by atoms with Gasteiger partial charge in [0.2, 0.25) is 0 Å². The third-order valence-corrected chi connectivity index (χ3v) is 15.9. The van der Waals surface area contributed by atoms with E-state index in [1.807, 2.05) is 0 Å². The minimum absolute atomic E-state index is 0.0657. The second-order valence-electron chi connectivity index (χ2n) is 23.8. The van der Waals surface area contributed by atoms with E-state index in [-0.39, 0.29) is 31.1 Å². The van der Waals surface area contributed by atoms with Crippen LogP contribution in [0.25, 0.3) is 0 Å². The minimum atomic E-state index is -0.765. The van der Waals surface area contributed by atoms with Crippen molar-refractivity contribution in [1.29, 1.82) is 0 Å². The van der Waals surface area contributed by atoms with Gasteiger partial charge in [-0.15, -0.1) is 0 Å². The van der Waals surface area contributed by atoms with Gasteiger partial charge in [0.25, 0.3) is 0 Å². The molecule has 0 aromatic heterocycles. The van der Waals surface area contributed by atoms with E-state index in [0.29, 0.717) is 19.3 Å². The molecule has 458 valence electrons. The molecule has 0 N–H and O–H groups in total. The lowest BCUT2D eigenvalue weighted by molar-refractivity contribution is -0.167. The van der Waals surface area contributed by atoms with Gasteiger partial charge in [0.15, 0.2) is 6.10 Å². The molecule has 0 saturated heterocycles. The highest BCUT2D eigenvalue weighted by atomic mass is 16.6. The molecule has 0 fully saturated rings. The van der Waals surface area contributed by atoms with Gasteiger partial charge in [0, 0.05) is 19.3 Å².